The molecule has 0 radical (unpaired) electrons. The van der Waals surface area contributed by atoms with E-state index >= 15 is 0 Å². The molecule has 1 aliphatic carbocycles. The van der Waals surface area contributed by atoms with Gasteiger partial charge < -0.3 is 10.3 Å². The fourth-order valence-electron chi connectivity index (χ4n) is 4.24. The fraction of sp³-hybridized carbons (Fsp3) is 0.391. The summed E-state index contributed by atoms with van der Waals surface area (Å²) in [6.07, 6.45) is 6.38. The van der Waals surface area contributed by atoms with Crippen molar-refractivity contribution in [3.8, 4) is 17.3 Å². The number of carbonyl (C=O) groups excluding carboxylic acids is 1. The summed E-state index contributed by atoms with van der Waals surface area (Å²) in [6, 6.07) is 6.29. The summed E-state index contributed by atoms with van der Waals surface area (Å²) in [5, 5.41) is 16.3. The first-order valence-electron chi connectivity index (χ1n) is 10.6. The van der Waals surface area contributed by atoms with Crippen LogP contribution in [0.2, 0.25) is 0 Å². The van der Waals surface area contributed by atoms with Gasteiger partial charge in [-0.05, 0) is 42.5 Å². The van der Waals surface area contributed by atoms with Gasteiger partial charge >= 0.3 is 0 Å². The number of aromatic amines is 1. The third-order valence-electron chi connectivity index (χ3n) is 5.84. The molecule has 1 aliphatic rings. The Labute approximate surface area is 178 Å². The molecule has 160 valence electrons. The van der Waals surface area contributed by atoms with Crippen LogP contribution in [0.5, 0.6) is 0 Å². The van der Waals surface area contributed by atoms with E-state index in [1.165, 1.54) is 24.4 Å². The number of carbonyl (C=O) groups is 1. The Morgan fingerprint density at radius 2 is 2.06 bits per heavy atom. The summed E-state index contributed by atoms with van der Waals surface area (Å²) >= 11 is 0. The number of H-pyrrole nitrogens is 1. The fourth-order valence-corrected chi connectivity index (χ4v) is 4.24. The molecule has 3 aromatic rings. The summed E-state index contributed by atoms with van der Waals surface area (Å²) in [6.45, 7) is 3.74. The summed E-state index contributed by atoms with van der Waals surface area (Å²) in [5.41, 5.74) is 1.49. The number of rotatable bonds is 4. The second-order valence-corrected chi connectivity index (χ2v) is 8.31. The van der Waals surface area contributed by atoms with Gasteiger partial charge in [0.05, 0.1) is 17.5 Å². The highest BCUT2D eigenvalue weighted by molar-refractivity contribution is 5.96. The Balaban J connectivity index is 1.81. The average Bonchev–Trinajstić information content (AvgIpc) is 3.18. The molecule has 2 aromatic heterocycles. The number of halogens is 1. The van der Waals surface area contributed by atoms with Crippen LogP contribution in [0.4, 0.5) is 4.39 Å². The SMILES string of the molecule is CC(C)c1c(-c2ccc(F)c(C(=O)NC3CCCCC3)c2)[nH]c2c(C#N)cnn2c1=O. The smallest absolute Gasteiger partial charge is 0.278 e. The Morgan fingerprint density at radius 3 is 2.74 bits per heavy atom. The van der Waals surface area contributed by atoms with Crippen molar-refractivity contribution in [1.29, 1.82) is 5.26 Å². The van der Waals surface area contributed by atoms with Gasteiger partial charge in [0.25, 0.3) is 11.5 Å². The maximum Gasteiger partial charge on any atom is 0.278 e. The van der Waals surface area contributed by atoms with Gasteiger partial charge in [-0.3, -0.25) is 9.59 Å². The molecule has 0 bridgehead atoms. The average molecular weight is 421 g/mol. The molecule has 1 saturated carbocycles. The zero-order valence-electron chi connectivity index (χ0n) is 17.5. The van der Waals surface area contributed by atoms with Crippen molar-refractivity contribution in [3.05, 3.63) is 57.3 Å². The first-order valence-corrected chi connectivity index (χ1v) is 10.6. The largest absolute Gasteiger partial charge is 0.349 e. The van der Waals surface area contributed by atoms with E-state index in [-0.39, 0.29) is 34.3 Å². The number of nitriles is 1. The van der Waals surface area contributed by atoms with Crippen molar-refractivity contribution in [2.75, 3.05) is 0 Å². The zero-order valence-corrected chi connectivity index (χ0v) is 17.5. The minimum absolute atomic E-state index is 0.0525. The molecule has 0 spiro atoms. The Kier molecular flexibility index (Phi) is 5.59. The number of hydrogen-bond acceptors (Lipinski definition) is 4. The molecule has 0 aliphatic heterocycles. The molecule has 2 N–H and O–H groups in total. The van der Waals surface area contributed by atoms with E-state index in [1.807, 2.05) is 19.9 Å². The van der Waals surface area contributed by atoms with Crippen LogP contribution >= 0.6 is 0 Å². The topological polar surface area (TPSA) is 103 Å². The minimum Gasteiger partial charge on any atom is -0.349 e. The lowest BCUT2D eigenvalue weighted by molar-refractivity contribution is 0.0923. The normalized spacial score (nSPS) is 14.7. The van der Waals surface area contributed by atoms with Gasteiger partial charge in [-0.1, -0.05) is 33.1 Å². The number of hydrogen-bond donors (Lipinski definition) is 2. The number of aromatic nitrogens is 3. The first kappa shape index (κ1) is 20.8. The molecular weight excluding hydrogens is 397 g/mol. The lowest BCUT2D eigenvalue weighted by atomic mass is 9.94. The van der Waals surface area contributed by atoms with Crippen LogP contribution in [0.25, 0.3) is 16.9 Å². The van der Waals surface area contributed by atoms with Crippen LogP contribution in [0.15, 0.2) is 29.2 Å². The molecule has 0 atom stereocenters. The number of amides is 1. The second-order valence-electron chi connectivity index (χ2n) is 8.31. The zero-order chi connectivity index (χ0) is 22.1. The summed E-state index contributed by atoms with van der Waals surface area (Å²) in [7, 11) is 0. The lowest BCUT2D eigenvalue weighted by Crippen LogP contribution is -2.36. The second kappa shape index (κ2) is 8.34. The van der Waals surface area contributed by atoms with Gasteiger partial charge in [-0.25, -0.2) is 4.39 Å². The van der Waals surface area contributed by atoms with Crippen molar-refractivity contribution >= 4 is 11.6 Å². The molecule has 8 heteroatoms. The van der Waals surface area contributed by atoms with Crippen LogP contribution in [-0.2, 0) is 0 Å². The van der Waals surface area contributed by atoms with Gasteiger partial charge in [0.15, 0.2) is 5.65 Å². The van der Waals surface area contributed by atoms with Crippen LogP contribution < -0.4 is 10.9 Å². The van der Waals surface area contributed by atoms with Crippen LogP contribution in [0.1, 0.15) is 73.4 Å². The molecule has 1 aromatic carbocycles. The van der Waals surface area contributed by atoms with E-state index < -0.39 is 11.7 Å². The summed E-state index contributed by atoms with van der Waals surface area (Å²) in [5.74, 6) is -1.24. The highest BCUT2D eigenvalue weighted by Gasteiger charge is 2.23. The third-order valence-corrected chi connectivity index (χ3v) is 5.84. The number of fused-ring (bicyclic) bond motifs is 1. The van der Waals surface area contributed by atoms with Crippen LogP contribution in [0.3, 0.4) is 0 Å². The van der Waals surface area contributed by atoms with Gasteiger partial charge in [0.2, 0.25) is 0 Å². The van der Waals surface area contributed by atoms with E-state index in [0.717, 1.165) is 36.6 Å². The summed E-state index contributed by atoms with van der Waals surface area (Å²) < 4.78 is 15.7. The van der Waals surface area contributed by atoms with E-state index in [0.29, 0.717) is 16.8 Å². The van der Waals surface area contributed by atoms with Crippen molar-refractivity contribution in [3.63, 3.8) is 0 Å². The third kappa shape index (κ3) is 3.83. The van der Waals surface area contributed by atoms with Crippen LogP contribution in [0, 0.1) is 17.1 Å². The van der Waals surface area contributed by atoms with Crippen molar-refractivity contribution in [1.82, 2.24) is 19.9 Å². The summed E-state index contributed by atoms with van der Waals surface area (Å²) in [4.78, 5) is 29.0. The molecule has 1 fully saturated rings. The molecule has 0 unspecified atom stereocenters. The van der Waals surface area contributed by atoms with Crippen molar-refractivity contribution < 1.29 is 9.18 Å². The highest BCUT2D eigenvalue weighted by Crippen LogP contribution is 2.28. The Bertz CT molecular complexity index is 1250. The molecule has 0 saturated heterocycles. The van der Waals surface area contributed by atoms with E-state index in [4.69, 9.17) is 0 Å². The predicted molar refractivity (Wildman–Crippen MR) is 114 cm³/mol. The molecule has 7 nitrogen and oxygen atoms in total. The monoisotopic (exact) mass is 421 g/mol. The molecular formula is C23H24FN5O2. The van der Waals surface area contributed by atoms with E-state index in [1.54, 1.807) is 0 Å². The first-order chi connectivity index (χ1) is 14.9. The quantitative estimate of drug-likeness (QED) is 0.667. The van der Waals surface area contributed by atoms with Gasteiger partial charge in [0, 0.05) is 11.6 Å². The lowest BCUT2D eigenvalue weighted by Gasteiger charge is -2.23. The van der Waals surface area contributed by atoms with Crippen molar-refractivity contribution in [2.45, 2.75) is 57.9 Å². The van der Waals surface area contributed by atoms with Crippen molar-refractivity contribution in [2.24, 2.45) is 0 Å². The van der Waals surface area contributed by atoms with Gasteiger partial charge in [0.1, 0.15) is 17.4 Å². The number of benzene rings is 1. The van der Waals surface area contributed by atoms with E-state index in [9.17, 15) is 19.2 Å². The molecule has 2 heterocycles. The highest BCUT2D eigenvalue weighted by atomic mass is 19.1. The predicted octanol–water partition coefficient (Wildman–Crippen LogP) is 3.89. The standard InChI is InChI=1S/C23H24FN5O2/c1-13(2)19-20(28-21-15(11-25)12-26-29(21)23(19)31)14-8-9-18(24)17(10-14)22(30)27-16-6-4-3-5-7-16/h8-10,12-13,16,28H,3-7H2,1-2H3,(H,27,30). The Morgan fingerprint density at radius 1 is 1.32 bits per heavy atom. The Hall–Kier alpha value is -3.47. The minimum atomic E-state index is -0.617. The maximum atomic E-state index is 14.6. The van der Waals surface area contributed by atoms with Gasteiger partial charge in [-0.2, -0.15) is 14.9 Å². The maximum absolute atomic E-state index is 14.6. The number of nitrogens with one attached hydrogen (secondary N) is 2. The molecule has 31 heavy (non-hydrogen) atoms. The van der Waals surface area contributed by atoms with E-state index in [2.05, 4.69) is 15.4 Å². The van der Waals surface area contributed by atoms with Gasteiger partial charge in [-0.15, -0.1) is 0 Å². The number of nitrogens with zero attached hydrogens (tertiary/aromatic N) is 3. The van der Waals surface area contributed by atoms with Crippen LogP contribution in [-0.4, -0.2) is 26.5 Å². The molecule has 1 amide bonds. The molecule has 4 rings (SSSR count).